The molecule has 0 aromatic heterocycles. The second-order valence-electron chi connectivity index (χ2n) is 2.97. The third-order valence-electron chi connectivity index (χ3n) is 2.73. The van der Waals surface area contributed by atoms with Crippen LogP contribution in [0.25, 0.3) is 0 Å². The Hall–Kier alpha value is -0.370. The van der Waals surface area contributed by atoms with E-state index >= 15 is 0 Å². The quantitative estimate of drug-likeness (QED) is 0.422. The Balaban J connectivity index is 3.93. The number of nitrogens with zero attached hydrogens (tertiary/aromatic N) is 1. The van der Waals surface area contributed by atoms with E-state index < -0.39 is 0 Å². The van der Waals surface area contributed by atoms with Crippen LogP contribution < -0.4 is 0 Å². The van der Waals surface area contributed by atoms with Gasteiger partial charge in [0.2, 0.25) is 0 Å². The van der Waals surface area contributed by atoms with Gasteiger partial charge in [0.1, 0.15) is 6.29 Å². The van der Waals surface area contributed by atoms with Crippen LogP contribution in [0.1, 0.15) is 27.2 Å². The van der Waals surface area contributed by atoms with Gasteiger partial charge in [0.15, 0.2) is 0 Å². The number of quaternary nitrogens is 1. The molecule has 0 aromatic rings. The zero-order valence-corrected chi connectivity index (χ0v) is 7.97. The van der Waals surface area contributed by atoms with Crippen LogP contribution in [-0.2, 0) is 4.79 Å². The minimum absolute atomic E-state index is 0.704. The Morgan fingerprint density at radius 1 is 1.09 bits per heavy atom. The summed E-state index contributed by atoms with van der Waals surface area (Å²) in [6.45, 7) is 11.0. The zero-order chi connectivity index (χ0) is 8.74. The van der Waals surface area contributed by atoms with E-state index in [0.717, 1.165) is 36.9 Å². The van der Waals surface area contributed by atoms with Crippen LogP contribution in [0.5, 0.6) is 0 Å². The van der Waals surface area contributed by atoms with Crippen molar-refractivity contribution in [1.82, 2.24) is 0 Å². The van der Waals surface area contributed by atoms with Crippen LogP contribution in [-0.4, -0.2) is 36.9 Å². The summed E-state index contributed by atoms with van der Waals surface area (Å²) in [6, 6.07) is 0. The zero-order valence-electron chi connectivity index (χ0n) is 7.97. The van der Waals surface area contributed by atoms with Crippen molar-refractivity contribution < 1.29 is 9.28 Å². The third kappa shape index (κ3) is 3.02. The third-order valence-corrected chi connectivity index (χ3v) is 2.73. The van der Waals surface area contributed by atoms with Gasteiger partial charge in [-0.05, 0) is 20.8 Å². The molecule has 2 nitrogen and oxygen atoms in total. The summed E-state index contributed by atoms with van der Waals surface area (Å²) in [7, 11) is 0. The average Bonchev–Trinajstić information content (AvgIpc) is 2.08. The molecule has 2 heteroatoms. The van der Waals surface area contributed by atoms with Crippen LogP contribution in [0.2, 0.25) is 0 Å². The second kappa shape index (κ2) is 5.30. The molecule has 0 atom stereocenters. The summed E-state index contributed by atoms with van der Waals surface area (Å²) in [5.74, 6) is 0. The molecule has 0 fully saturated rings. The van der Waals surface area contributed by atoms with Crippen molar-refractivity contribution in [2.75, 3.05) is 26.2 Å². The van der Waals surface area contributed by atoms with Crippen molar-refractivity contribution in [2.45, 2.75) is 27.2 Å². The lowest BCUT2D eigenvalue weighted by Crippen LogP contribution is -2.48. The second-order valence-corrected chi connectivity index (χ2v) is 2.97. The van der Waals surface area contributed by atoms with E-state index in [1.807, 2.05) is 0 Å². The molecule has 0 heterocycles. The topological polar surface area (TPSA) is 17.1 Å². The summed E-state index contributed by atoms with van der Waals surface area (Å²) < 4.78 is 1.08. The van der Waals surface area contributed by atoms with Crippen molar-refractivity contribution in [3.05, 3.63) is 0 Å². The molecule has 0 unspecified atom stereocenters. The molecule has 11 heavy (non-hydrogen) atoms. The predicted molar refractivity (Wildman–Crippen MR) is 47.4 cm³/mol. The number of aldehydes is 1. The molecule has 0 amide bonds. The molecule has 0 aromatic carbocycles. The Kier molecular flexibility index (Phi) is 5.12. The summed E-state index contributed by atoms with van der Waals surface area (Å²) in [6.07, 6.45) is 1.73. The molecule has 0 saturated carbocycles. The summed E-state index contributed by atoms with van der Waals surface area (Å²) in [5.41, 5.74) is 0. The van der Waals surface area contributed by atoms with Gasteiger partial charge in [-0.3, -0.25) is 0 Å². The fourth-order valence-electron chi connectivity index (χ4n) is 1.47. The minimum Gasteiger partial charge on any atom is -0.324 e. The van der Waals surface area contributed by atoms with Gasteiger partial charge < -0.3 is 9.28 Å². The van der Waals surface area contributed by atoms with E-state index in [1.54, 1.807) is 0 Å². The van der Waals surface area contributed by atoms with Gasteiger partial charge in [-0.25, -0.2) is 0 Å². The molecule has 0 bridgehead atoms. The molecule has 0 aliphatic carbocycles. The fourth-order valence-corrected chi connectivity index (χ4v) is 1.47. The number of rotatable bonds is 6. The maximum Gasteiger partial charge on any atom is 0.125 e. The molecular weight excluding hydrogens is 138 g/mol. The Labute approximate surface area is 69.8 Å². The smallest absolute Gasteiger partial charge is 0.125 e. The highest BCUT2D eigenvalue weighted by molar-refractivity contribution is 5.49. The van der Waals surface area contributed by atoms with Crippen molar-refractivity contribution in [1.29, 1.82) is 0 Å². The molecule has 0 aliphatic heterocycles. The lowest BCUT2D eigenvalue weighted by molar-refractivity contribution is -0.922. The van der Waals surface area contributed by atoms with Crippen molar-refractivity contribution in [2.24, 2.45) is 0 Å². The van der Waals surface area contributed by atoms with E-state index in [1.165, 1.54) is 0 Å². The standard InChI is InChI=1S/C9H20NO/c1-4-10(5-2,6-3)8-7-9-11/h9H,4-8H2,1-3H3/q+1. The van der Waals surface area contributed by atoms with E-state index in [2.05, 4.69) is 20.8 Å². The van der Waals surface area contributed by atoms with Gasteiger partial charge in [-0.15, -0.1) is 0 Å². The van der Waals surface area contributed by atoms with Gasteiger partial charge >= 0.3 is 0 Å². The van der Waals surface area contributed by atoms with Crippen LogP contribution in [0, 0.1) is 0 Å². The summed E-state index contributed by atoms with van der Waals surface area (Å²) in [4.78, 5) is 10.2. The molecule has 0 N–H and O–H groups in total. The van der Waals surface area contributed by atoms with Crippen LogP contribution >= 0.6 is 0 Å². The largest absolute Gasteiger partial charge is 0.324 e. The molecule has 0 aliphatic rings. The first-order chi connectivity index (χ1) is 5.24. The summed E-state index contributed by atoms with van der Waals surface area (Å²) in [5, 5.41) is 0. The SMILES string of the molecule is CC[N+](CC)(CC)CCC=O. The van der Waals surface area contributed by atoms with Crippen LogP contribution in [0.3, 0.4) is 0 Å². The first kappa shape index (κ1) is 10.6. The Bertz CT molecular complexity index is 99.9. The molecule has 66 valence electrons. The highest BCUT2D eigenvalue weighted by Crippen LogP contribution is 2.05. The Morgan fingerprint density at radius 3 is 1.82 bits per heavy atom. The number of carbonyl (C=O) groups excluding carboxylic acids is 1. The minimum atomic E-state index is 0.704. The maximum absolute atomic E-state index is 10.2. The normalized spacial score (nSPS) is 11.5. The van der Waals surface area contributed by atoms with E-state index in [9.17, 15) is 4.79 Å². The van der Waals surface area contributed by atoms with E-state index in [0.29, 0.717) is 6.42 Å². The van der Waals surface area contributed by atoms with Gasteiger partial charge in [0.25, 0.3) is 0 Å². The molecule has 0 rings (SSSR count). The van der Waals surface area contributed by atoms with Gasteiger partial charge in [0.05, 0.1) is 32.6 Å². The lowest BCUT2D eigenvalue weighted by Gasteiger charge is -2.35. The fraction of sp³-hybridized carbons (Fsp3) is 0.889. The van der Waals surface area contributed by atoms with Crippen molar-refractivity contribution in [3.8, 4) is 0 Å². The van der Waals surface area contributed by atoms with Gasteiger partial charge in [0, 0.05) is 0 Å². The first-order valence-electron chi connectivity index (χ1n) is 4.53. The number of hydrogen-bond acceptors (Lipinski definition) is 1. The molecular formula is C9H20NO+. The molecule has 0 saturated heterocycles. The van der Waals surface area contributed by atoms with Crippen LogP contribution in [0.15, 0.2) is 0 Å². The number of hydrogen-bond donors (Lipinski definition) is 0. The first-order valence-corrected chi connectivity index (χ1v) is 4.53. The monoisotopic (exact) mass is 158 g/mol. The average molecular weight is 158 g/mol. The van der Waals surface area contributed by atoms with Gasteiger partial charge in [-0.1, -0.05) is 0 Å². The highest BCUT2D eigenvalue weighted by Gasteiger charge is 2.18. The molecule has 0 spiro atoms. The van der Waals surface area contributed by atoms with Crippen molar-refractivity contribution in [3.63, 3.8) is 0 Å². The van der Waals surface area contributed by atoms with E-state index in [-0.39, 0.29) is 0 Å². The number of carbonyl (C=O) groups is 1. The van der Waals surface area contributed by atoms with Gasteiger partial charge in [-0.2, -0.15) is 0 Å². The molecule has 0 radical (unpaired) electrons. The van der Waals surface area contributed by atoms with E-state index in [4.69, 9.17) is 0 Å². The maximum atomic E-state index is 10.2. The van der Waals surface area contributed by atoms with Crippen molar-refractivity contribution >= 4 is 6.29 Å². The Morgan fingerprint density at radius 2 is 1.55 bits per heavy atom. The lowest BCUT2D eigenvalue weighted by atomic mass is 10.3. The van der Waals surface area contributed by atoms with Crippen LogP contribution in [0.4, 0.5) is 0 Å². The predicted octanol–water partition coefficient (Wildman–Crippen LogP) is 1.45. The highest BCUT2D eigenvalue weighted by atomic mass is 16.1. The summed E-state index contributed by atoms with van der Waals surface area (Å²) >= 11 is 0.